The summed E-state index contributed by atoms with van der Waals surface area (Å²) in [6.45, 7) is 6.31. The van der Waals surface area contributed by atoms with E-state index in [2.05, 4.69) is 5.32 Å². The summed E-state index contributed by atoms with van der Waals surface area (Å²) in [6.07, 6.45) is -4.36. The molecule has 0 spiro atoms. The van der Waals surface area contributed by atoms with Crippen LogP contribution in [-0.4, -0.2) is 33.4 Å². The van der Waals surface area contributed by atoms with E-state index in [1.165, 1.54) is 12.1 Å². The number of ether oxygens (including phenoxy) is 1. The van der Waals surface area contributed by atoms with Crippen LogP contribution in [0.25, 0.3) is 0 Å². The minimum atomic E-state index is -4.36. The number of rotatable bonds is 8. The Morgan fingerprint density at radius 2 is 1.95 bits per heavy atom. The Morgan fingerprint density at radius 3 is 2.52 bits per heavy atom. The monoisotopic (exact) mass is 304 g/mol. The quantitative estimate of drug-likeness (QED) is 0.746. The first-order chi connectivity index (χ1) is 9.90. The maximum Gasteiger partial charge on any atom is 0.418 e. The molecule has 0 saturated carbocycles. The minimum Gasteiger partial charge on any atom is -0.380 e. The van der Waals surface area contributed by atoms with Gasteiger partial charge in [-0.15, -0.1) is 0 Å². The molecule has 0 unspecified atom stereocenters. The first-order valence-electron chi connectivity index (χ1n) is 7.09. The van der Waals surface area contributed by atoms with E-state index in [9.17, 15) is 13.2 Å². The van der Waals surface area contributed by atoms with Gasteiger partial charge in [0.25, 0.3) is 0 Å². The lowest BCUT2D eigenvalue weighted by Gasteiger charge is -2.24. The SMILES string of the molecule is CCNCc1ccc(N(C)CCOCC)c(C(F)(F)F)c1. The molecule has 0 aliphatic heterocycles. The van der Waals surface area contributed by atoms with Gasteiger partial charge in [0.05, 0.1) is 12.2 Å². The van der Waals surface area contributed by atoms with Crippen molar-refractivity contribution in [1.29, 1.82) is 0 Å². The standard InChI is InChI=1S/C15H23F3N2O/c1-4-19-11-12-6-7-14(13(10-12)15(16,17)18)20(3)8-9-21-5-2/h6-7,10,19H,4-5,8-9,11H2,1-3H3. The number of nitrogens with one attached hydrogen (secondary N) is 1. The topological polar surface area (TPSA) is 24.5 Å². The lowest BCUT2D eigenvalue weighted by Crippen LogP contribution is -2.25. The first-order valence-corrected chi connectivity index (χ1v) is 7.09. The zero-order valence-electron chi connectivity index (χ0n) is 12.8. The van der Waals surface area contributed by atoms with Crippen molar-refractivity contribution in [1.82, 2.24) is 5.32 Å². The lowest BCUT2D eigenvalue weighted by molar-refractivity contribution is -0.137. The van der Waals surface area contributed by atoms with Gasteiger partial charge in [-0.25, -0.2) is 0 Å². The Balaban J connectivity index is 2.96. The van der Waals surface area contributed by atoms with E-state index in [1.54, 1.807) is 18.0 Å². The molecule has 6 heteroatoms. The summed E-state index contributed by atoms with van der Waals surface area (Å²) >= 11 is 0. The van der Waals surface area contributed by atoms with Crippen molar-refractivity contribution in [2.75, 3.05) is 38.3 Å². The molecule has 21 heavy (non-hydrogen) atoms. The third-order valence-corrected chi connectivity index (χ3v) is 3.13. The van der Waals surface area contributed by atoms with Crippen molar-refractivity contribution in [3.63, 3.8) is 0 Å². The van der Waals surface area contributed by atoms with E-state index in [4.69, 9.17) is 4.74 Å². The molecule has 0 aliphatic carbocycles. The highest BCUT2D eigenvalue weighted by Crippen LogP contribution is 2.36. The number of alkyl halides is 3. The molecule has 0 aromatic heterocycles. The predicted molar refractivity (Wildman–Crippen MR) is 78.6 cm³/mol. The molecule has 1 aromatic carbocycles. The summed E-state index contributed by atoms with van der Waals surface area (Å²) < 4.78 is 44.9. The summed E-state index contributed by atoms with van der Waals surface area (Å²) in [7, 11) is 1.65. The average Bonchev–Trinajstić information content (AvgIpc) is 2.44. The average molecular weight is 304 g/mol. The Kier molecular flexibility index (Phi) is 6.98. The smallest absolute Gasteiger partial charge is 0.380 e. The molecule has 0 amide bonds. The van der Waals surface area contributed by atoms with Crippen molar-refractivity contribution in [2.24, 2.45) is 0 Å². The third kappa shape index (κ3) is 5.55. The largest absolute Gasteiger partial charge is 0.418 e. The predicted octanol–water partition coefficient (Wildman–Crippen LogP) is 3.29. The van der Waals surface area contributed by atoms with Crippen molar-refractivity contribution in [3.8, 4) is 0 Å². The molecule has 1 N–H and O–H groups in total. The Hall–Kier alpha value is -1.27. The molecule has 120 valence electrons. The van der Waals surface area contributed by atoms with E-state index >= 15 is 0 Å². The number of hydrogen-bond acceptors (Lipinski definition) is 3. The Bertz CT molecular complexity index is 435. The van der Waals surface area contributed by atoms with Gasteiger partial charge >= 0.3 is 6.18 Å². The fourth-order valence-corrected chi connectivity index (χ4v) is 1.99. The summed E-state index contributed by atoms with van der Waals surface area (Å²) in [5, 5.41) is 3.03. The summed E-state index contributed by atoms with van der Waals surface area (Å²) in [5.41, 5.74) is 0.213. The highest BCUT2D eigenvalue weighted by atomic mass is 19.4. The van der Waals surface area contributed by atoms with Gasteiger partial charge in [-0.3, -0.25) is 0 Å². The first kappa shape index (κ1) is 17.8. The Morgan fingerprint density at radius 1 is 1.24 bits per heavy atom. The van der Waals surface area contributed by atoms with Crippen molar-refractivity contribution in [2.45, 2.75) is 26.6 Å². The van der Waals surface area contributed by atoms with Crippen molar-refractivity contribution in [3.05, 3.63) is 29.3 Å². The van der Waals surface area contributed by atoms with Crippen LogP contribution >= 0.6 is 0 Å². The van der Waals surface area contributed by atoms with Crippen molar-refractivity contribution < 1.29 is 17.9 Å². The molecule has 0 radical (unpaired) electrons. The van der Waals surface area contributed by atoms with Gasteiger partial charge in [-0.2, -0.15) is 13.2 Å². The van der Waals surface area contributed by atoms with Gasteiger partial charge in [-0.1, -0.05) is 13.0 Å². The fraction of sp³-hybridized carbons (Fsp3) is 0.600. The van der Waals surface area contributed by atoms with Crippen LogP contribution in [-0.2, 0) is 17.5 Å². The highest BCUT2D eigenvalue weighted by Gasteiger charge is 2.34. The molecule has 0 bridgehead atoms. The molecule has 3 nitrogen and oxygen atoms in total. The van der Waals surface area contributed by atoms with Crippen LogP contribution in [0.4, 0.5) is 18.9 Å². The van der Waals surface area contributed by atoms with Crippen LogP contribution < -0.4 is 10.2 Å². The molecule has 0 fully saturated rings. The molecule has 1 rings (SSSR count). The molecule has 0 atom stereocenters. The van der Waals surface area contributed by atoms with E-state index in [0.29, 0.717) is 31.9 Å². The molecular weight excluding hydrogens is 281 g/mol. The van der Waals surface area contributed by atoms with Gasteiger partial charge in [0.2, 0.25) is 0 Å². The zero-order valence-corrected chi connectivity index (χ0v) is 12.8. The second-order valence-corrected chi connectivity index (χ2v) is 4.75. The van der Waals surface area contributed by atoms with Crippen molar-refractivity contribution >= 4 is 5.69 Å². The normalized spacial score (nSPS) is 11.7. The van der Waals surface area contributed by atoms with Gasteiger partial charge < -0.3 is 15.0 Å². The molecule has 1 aromatic rings. The molecule has 0 aliphatic rings. The van der Waals surface area contributed by atoms with Gasteiger partial charge in [0.15, 0.2) is 0 Å². The highest BCUT2D eigenvalue weighted by molar-refractivity contribution is 5.56. The van der Waals surface area contributed by atoms with Crippen LogP contribution in [0.5, 0.6) is 0 Å². The summed E-state index contributed by atoms with van der Waals surface area (Å²) in [6, 6.07) is 4.47. The number of likely N-dealkylation sites (N-methyl/N-ethyl adjacent to an activating group) is 1. The van der Waals surface area contributed by atoms with Crippen LogP contribution in [0.1, 0.15) is 25.0 Å². The molecule has 0 saturated heterocycles. The van der Waals surface area contributed by atoms with Gasteiger partial charge in [0.1, 0.15) is 0 Å². The summed E-state index contributed by atoms with van der Waals surface area (Å²) in [5.74, 6) is 0. The van der Waals surface area contributed by atoms with E-state index in [-0.39, 0.29) is 5.69 Å². The number of hydrogen-bond donors (Lipinski definition) is 1. The maximum absolute atomic E-state index is 13.2. The minimum absolute atomic E-state index is 0.183. The number of halogens is 3. The van der Waals surface area contributed by atoms with Crippen LogP contribution in [0.15, 0.2) is 18.2 Å². The van der Waals surface area contributed by atoms with Crippen LogP contribution in [0, 0.1) is 0 Å². The van der Waals surface area contributed by atoms with E-state index < -0.39 is 11.7 Å². The second-order valence-electron chi connectivity index (χ2n) is 4.75. The third-order valence-electron chi connectivity index (χ3n) is 3.13. The Labute approximate surface area is 124 Å². The van der Waals surface area contributed by atoms with Gasteiger partial charge in [0, 0.05) is 32.4 Å². The van der Waals surface area contributed by atoms with Crippen LogP contribution in [0.2, 0.25) is 0 Å². The number of nitrogens with zero attached hydrogens (tertiary/aromatic N) is 1. The van der Waals surface area contributed by atoms with Crippen LogP contribution in [0.3, 0.4) is 0 Å². The van der Waals surface area contributed by atoms with E-state index in [0.717, 1.165) is 6.54 Å². The summed E-state index contributed by atoms with van der Waals surface area (Å²) in [4.78, 5) is 1.58. The number of anilines is 1. The fourth-order valence-electron chi connectivity index (χ4n) is 1.99. The molecule has 0 heterocycles. The zero-order chi connectivity index (χ0) is 15.9. The number of benzene rings is 1. The lowest BCUT2D eigenvalue weighted by atomic mass is 10.1. The molecular formula is C15H23F3N2O. The second kappa shape index (κ2) is 8.24. The maximum atomic E-state index is 13.2. The van der Waals surface area contributed by atoms with Gasteiger partial charge in [-0.05, 0) is 31.2 Å². The van der Waals surface area contributed by atoms with E-state index in [1.807, 2.05) is 13.8 Å².